The zero-order chi connectivity index (χ0) is 14.7. The van der Waals surface area contributed by atoms with E-state index in [0.717, 1.165) is 0 Å². The normalized spacial score (nSPS) is 15.2. The molecular weight excluding hydrogens is 418 g/mol. The lowest BCUT2D eigenvalue weighted by molar-refractivity contribution is 0.0908. The average Bonchev–Trinajstić information content (AvgIpc) is 2.30. The molecule has 0 saturated heterocycles. The molecular formula is C11H15Br2NO3S2. The molecule has 2 N–H and O–H groups in total. The lowest BCUT2D eigenvalue weighted by atomic mass is 10.1. The highest BCUT2D eigenvalue weighted by atomic mass is 79.9. The Kier molecular flexibility index (Phi) is 6.34. The molecule has 0 amide bonds. The average molecular weight is 433 g/mol. The predicted molar refractivity (Wildman–Crippen MR) is 86.0 cm³/mol. The molecule has 0 aliphatic rings. The molecule has 108 valence electrons. The van der Waals surface area contributed by atoms with E-state index in [1.807, 2.05) is 6.26 Å². The monoisotopic (exact) mass is 431 g/mol. The van der Waals surface area contributed by atoms with Gasteiger partial charge in [0.15, 0.2) is 0 Å². The Morgan fingerprint density at radius 2 is 2.05 bits per heavy atom. The van der Waals surface area contributed by atoms with Crippen LogP contribution in [0.2, 0.25) is 0 Å². The van der Waals surface area contributed by atoms with Crippen LogP contribution in [0, 0.1) is 0 Å². The minimum atomic E-state index is -3.66. The van der Waals surface area contributed by atoms with Crippen LogP contribution in [0.1, 0.15) is 6.92 Å². The second kappa shape index (κ2) is 6.91. The number of thioether (sulfide) groups is 1. The highest BCUT2D eigenvalue weighted by molar-refractivity contribution is 9.11. The topological polar surface area (TPSA) is 66.4 Å². The number of hydrogen-bond donors (Lipinski definition) is 2. The van der Waals surface area contributed by atoms with Gasteiger partial charge in [0.1, 0.15) is 0 Å². The summed E-state index contributed by atoms with van der Waals surface area (Å²) in [6.07, 6.45) is 1.86. The van der Waals surface area contributed by atoms with Crippen LogP contribution in [0.4, 0.5) is 0 Å². The van der Waals surface area contributed by atoms with Crippen molar-refractivity contribution in [2.24, 2.45) is 0 Å². The van der Waals surface area contributed by atoms with Gasteiger partial charge in [-0.3, -0.25) is 0 Å². The summed E-state index contributed by atoms with van der Waals surface area (Å²) in [4.78, 5) is 0.141. The van der Waals surface area contributed by atoms with Crippen molar-refractivity contribution >= 4 is 53.6 Å². The molecule has 4 nitrogen and oxygen atoms in total. The van der Waals surface area contributed by atoms with Crippen molar-refractivity contribution in [1.82, 2.24) is 4.72 Å². The van der Waals surface area contributed by atoms with Gasteiger partial charge in [-0.05, 0) is 47.3 Å². The van der Waals surface area contributed by atoms with E-state index in [0.29, 0.717) is 14.7 Å². The van der Waals surface area contributed by atoms with Gasteiger partial charge in [0.2, 0.25) is 10.0 Å². The Labute approximate surface area is 134 Å². The molecule has 0 radical (unpaired) electrons. The van der Waals surface area contributed by atoms with E-state index >= 15 is 0 Å². The lowest BCUT2D eigenvalue weighted by Gasteiger charge is -2.22. The minimum Gasteiger partial charge on any atom is -0.388 e. The summed E-state index contributed by atoms with van der Waals surface area (Å²) in [5, 5.41) is 9.98. The summed E-state index contributed by atoms with van der Waals surface area (Å²) in [5.41, 5.74) is -1.08. The standard InChI is InChI=1S/C11H15Br2NO3S2/c1-11(15,7-18-2)6-14-19(16,17)10-5-8(12)3-4-9(10)13/h3-5,14-15H,6-7H2,1-2H3. The van der Waals surface area contributed by atoms with E-state index < -0.39 is 15.6 Å². The van der Waals surface area contributed by atoms with Crippen LogP contribution in [0.15, 0.2) is 32.0 Å². The van der Waals surface area contributed by atoms with Gasteiger partial charge in [-0.25, -0.2) is 13.1 Å². The fraction of sp³-hybridized carbons (Fsp3) is 0.455. The second-order valence-corrected chi connectivity index (χ2v) is 8.70. The van der Waals surface area contributed by atoms with E-state index in [4.69, 9.17) is 0 Å². The molecule has 0 aliphatic carbocycles. The van der Waals surface area contributed by atoms with Crippen LogP contribution in [-0.4, -0.2) is 37.7 Å². The largest absolute Gasteiger partial charge is 0.388 e. The smallest absolute Gasteiger partial charge is 0.241 e. The Morgan fingerprint density at radius 1 is 1.42 bits per heavy atom. The summed E-state index contributed by atoms with van der Waals surface area (Å²) in [6, 6.07) is 4.90. The summed E-state index contributed by atoms with van der Waals surface area (Å²) >= 11 is 7.91. The zero-order valence-corrected chi connectivity index (χ0v) is 15.3. The number of halogens is 2. The molecule has 0 saturated carbocycles. The van der Waals surface area contributed by atoms with E-state index in [-0.39, 0.29) is 11.4 Å². The van der Waals surface area contributed by atoms with Crippen LogP contribution in [-0.2, 0) is 10.0 Å². The molecule has 0 fully saturated rings. The van der Waals surface area contributed by atoms with Crippen molar-refractivity contribution in [1.29, 1.82) is 0 Å². The molecule has 1 unspecified atom stereocenters. The van der Waals surface area contributed by atoms with Crippen LogP contribution in [0.3, 0.4) is 0 Å². The Hall–Kier alpha value is 0.400. The summed E-state index contributed by atoms with van der Waals surface area (Å²) in [5.74, 6) is 0.454. The summed E-state index contributed by atoms with van der Waals surface area (Å²) in [6.45, 7) is 1.57. The van der Waals surface area contributed by atoms with Gasteiger partial charge >= 0.3 is 0 Å². The van der Waals surface area contributed by atoms with Gasteiger partial charge in [-0.15, -0.1) is 0 Å². The van der Waals surface area contributed by atoms with Crippen molar-refractivity contribution in [3.8, 4) is 0 Å². The van der Waals surface area contributed by atoms with E-state index in [1.165, 1.54) is 17.8 Å². The van der Waals surface area contributed by atoms with Crippen LogP contribution in [0.5, 0.6) is 0 Å². The van der Waals surface area contributed by atoms with Gasteiger partial charge in [0.25, 0.3) is 0 Å². The third-order valence-electron chi connectivity index (χ3n) is 2.28. The van der Waals surface area contributed by atoms with E-state index in [1.54, 1.807) is 19.1 Å². The van der Waals surface area contributed by atoms with Crippen molar-refractivity contribution in [2.75, 3.05) is 18.6 Å². The fourth-order valence-electron chi connectivity index (χ4n) is 1.37. The van der Waals surface area contributed by atoms with Crippen molar-refractivity contribution < 1.29 is 13.5 Å². The zero-order valence-electron chi connectivity index (χ0n) is 10.5. The molecule has 1 rings (SSSR count). The number of rotatable bonds is 6. The SMILES string of the molecule is CSCC(C)(O)CNS(=O)(=O)c1cc(Br)ccc1Br. The molecule has 1 aromatic carbocycles. The molecule has 1 atom stereocenters. The maximum absolute atomic E-state index is 12.2. The second-order valence-electron chi connectivity index (χ2n) is 4.33. The number of sulfonamides is 1. The lowest BCUT2D eigenvalue weighted by Crippen LogP contribution is -2.42. The summed E-state index contributed by atoms with van der Waals surface area (Å²) in [7, 11) is -3.66. The first-order valence-corrected chi connectivity index (χ1v) is 9.80. The van der Waals surface area contributed by atoms with Gasteiger partial charge in [-0.2, -0.15) is 11.8 Å². The number of hydrogen-bond acceptors (Lipinski definition) is 4. The van der Waals surface area contributed by atoms with Gasteiger partial charge < -0.3 is 5.11 Å². The minimum absolute atomic E-state index is 0.0326. The first-order valence-electron chi connectivity index (χ1n) is 5.34. The van der Waals surface area contributed by atoms with Gasteiger partial charge in [0, 0.05) is 21.2 Å². The molecule has 8 heteroatoms. The quantitative estimate of drug-likeness (QED) is 0.724. The van der Waals surface area contributed by atoms with Crippen LogP contribution >= 0.6 is 43.6 Å². The number of benzene rings is 1. The predicted octanol–water partition coefficient (Wildman–Crippen LogP) is 2.60. The molecule has 1 aromatic rings. The third-order valence-corrected chi connectivity index (χ3v) is 6.08. The van der Waals surface area contributed by atoms with Crippen molar-refractivity contribution in [2.45, 2.75) is 17.4 Å². The van der Waals surface area contributed by atoms with Crippen LogP contribution in [0.25, 0.3) is 0 Å². The van der Waals surface area contributed by atoms with E-state index in [2.05, 4.69) is 36.6 Å². The van der Waals surface area contributed by atoms with Crippen molar-refractivity contribution in [3.05, 3.63) is 27.1 Å². The molecule has 19 heavy (non-hydrogen) atoms. The van der Waals surface area contributed by atoms with Gasteiger partial charge in [0.05, 0.1) is 10.5 Å². The fourth-order valence-corrected chi connectivity index (χ4v) is 4.76. The Bertz CT molecular complexity index is 547. The third kappa shape index (κ3) is 5.35. The Balaban J connectivity index is 2.90. The maximum Gasteiger partial charge on any atom is 0.241 e. The number of aliphatic hydroxyl groups is 1. The molecule has 0 spiro atoms. The number of nitrogens with one attached hydrogen (secondary N) is 1. The van der Waals surface area contributed by atoms with Crippen molar-refractivity contribution in [3.63, 3.8) is 0 Å². The highest BCUT2D eigenvalue weighted by Gasteiger charge is 2.25. The molecule has 0 aromatic heterocycles. The van der Waals surface area contributed by atoms with Gasteiger partial charge in [-0.1, -0.05) is 15.9 Å². The first-order chi connectivity index (χ1) is 8.68. The van der Waals surface area contributed by atoms with Crippen LogP contribution < -0.4 is 4.72 Å². The summed E-state index contributed by atoms with van der Waals surface area (Å²) < 4.78 is 27.9. The first kappa shape index (κ1) is 17.5. The van der Waals surface area contributed by atoms with E-state index in [9.17, 15) is 13.5 Å². The molecule has 0 heterocycles. The Morgan fingerprint density at radius 3 is 2.63 bits per heavy atom. The molecule has 0 bridgehead atoms. The molecule has 0 aliphatic heterocycles. The highest BCUT2D eigenvalue weighted by Crippen LogP contribution is 2.25. The maximum atomic E-state index is 12.2.